The fraction of sp³-hybridized carbons (Fsp3) is 0.105. The van der Waals surface area contributed by atoms with Gasteiger partial charge in [0.25, 0.3) is 5.56 Å². The quantitative estimate of drug-likeness (QED) is 0.732. The first-order valence-corrected chi connectivity index (χ1v) is 7.93. The van der Waals surface area contributed by atoms with Gasteiger partial charge in [-0.3, -0.25) is 4.79 Å². The molecule has 3 rings (SSSR count). The molecule has 2 N–H and O–H groups in total. The van der Waals surface area contributed by atoms with Crippen LogP contribution in [0.25, 0.3) is 11.1 Å². The lowest BCUT2D eigenvalue weighted by atomic mass is 10.1. The number of benzene rings is 2. The average Bonchev–Trinajstić information content (AvgIpc) is 2.59. The smallest absolute Gasteiger partial charge is 0.252 e. The van der Waals surface area contributed by atoms with Gasteiger partial charge < -0.3 is 10.3 Å². The van der Waals surface area contributed by atoms with E-state index in [-0.39, 0.29) is 11.4 Å². The van der Waals surface area contributed by atoms with Gasteiger partial charge in [-0.2, -0.15) is 0 Å². The number of aromatic nitrogens is 1. The molecule has 3 nitrogen and oxygen atoms in total. The molecule has 2 aromatic carbocycles. The summed E-state index contributed by atoms with van der Waals surface area (Å²) in [5.74, 6) is -0.256. The van der Waals surface area contributed by atoms with Crippen molar-refractivity contribution in [1.82, 2.24) is 10.3 Å². The Hall–Kier alpha value is -2.43. The Morgan fingerprint density at radius 2 is 1.67 bits per heavy atom. The van der Waals surface area contributed by atoms with Crippen molar-refractivity contribution in [1.29, 1.82) is 0 Å². The van der Waals surface area contributed by atoms with Gasteiger partial charge in [-0.1, -0.05) is 41.9 Å². The lowest BCUT2D eigenvalue weighted by Crippen LogP contribution is -2.21. The number of rotatable bonds is 5. The molecule has 122 valence electrons. The summed E-state index contributed by atoms with van der Waals surface area (Å²) >= 11 is 5.90. The van der Waals surface area contributed by atoms with Crippen LogP contribution in [0.1, 0.15) is 11.1 Å². The molecule has 0 aliphatic heterocycles. The van der Waals surface area contributed by atoms with E-state index in [0.717, 1.165) is 11.1 Å². The highest BCUT2D eigenvalue weighted by molar-refractivity contribution is 6.30. The van der Waals surface area contributed by atoms with Gasteiger partial charge in [0.05, 0.1) is 0 Å². The monoisotopic (exact) mass is 342 g/mol. The number of halogens is 2. The summed E-state index contributed by atoms with van der Waals surface area (Å²) < 4.78 is 13.6. The Kier molecular flexibility index (Phi) is 5.08. The fourth-order valence-electron chi connectivity index (χ4n) is 2.44. The zero-order valence-electron chi connectivity index (χ0n) is 12.9. The molecule has 0 spiro atoms. The van der Waals surface area contributed by atoms with Crippen LogP contribution >= 0.6 is 11.6 Å². The van der Waals surface area contributed by atoms with Crippen LogP contribution in [-0.4, -0.2) is 4.98 Å². The van der Waals surface area contributed by atoms with Gasteiger partial charge >= 0.3 is 0 Å². The molecule has 0 radical (unpaired) electrons. The van der Waals surface area contributed by atoms with Gasteiger partial charge in [0.15, 0.2) is 0 Å². The summed E-state index contributed by atoms with van der Waals surface area (Å²) in [6.07, 6.45) is 1.67. The molecule has 5 heteroatoms. The van der Waals surface area contributed by atoms with Gasteiger partial charge in [0, 0.05) is 35.4 Å². The van der Waals surface area contributed by atoms with Gasteiger partial charge in [-0.15, -0.1) is 0 Å². The molecule has 1 heterocycles. The SMILES string of the molecule is O=c1[nH]cc(-c2ccc(Cl)cc2)cc1CNCc1ccccc1F. The molecule has 0 aliphatic carbocycles. The number of hydrogen-bond donors (Lipinski definition) is 2. The maximum absolute atomic E-state index is 13.6. The molecule has 3 aromatic rings. The molecule has 24 heavy (non-hydrogen) atoms. The Balaban J connectivity index is 1.74. The minimum atomic E-state index is -0.256. The summed E-state index contributed by atoms with van der Waals surface area (Å²) in [6.45, 7) is 0.711. The van der Waals surface area contributed by atoms with Gasteiger partial charge in [-0.25, -0.2) is 4.39 Å². The molecule has 1 aromatic heterocycles. The minimum absolute atomic E-state index is 0.159. The van der Waals surface area contributed by atoms with Crippen LogP contribution in [0.5, 0.6) is 0 Å². The summed E-state index contributed by atoms with van der Waals surface area (Å²) in [4.78, 5) is 14.7. The van der Waals surface area contributed by atoms with E-state index >= 15 is 0 Å². The summed E-state index contributed by atoms with van der Waals surface area (Å²) in [5.41, 5.74) is 2.87. The highest BCUT2D eigenvalue weighted by Gasteiger charge is 2.05. The number of hydrogen-bond acceptors (Lipinski definition) is 2. The first-order chi connectivity index (χ1) is 11.6. The molecule has 0 amide bonds. The van der Waals surface area contributed by atoms with E-state index in [1.165, 1.54) is 6.07 Å². The molecular formula is C19H16ClFN2O. The third-order valence-corrected chi connectivity index (χ3v) is 4.00. The van der Waals surface area contributed by atoms with Crippen LogP contribution in [0, 0.1) is 5.82 Å². The van der Waals surface area contributed by atoms with E-state index in [9.17, 15) is 9.18 Å². The second-order valence-electron chi connectivity index (χ2n) is 5.44. The first-order valence-electron chi connectivity index (χ1n) is 7.55. The molecule has 0 aliphatic rings. The van der Waals surface area contributed by atoms with Crippen molar-refractivity contribution in [2.75, 3.05) is 0 Å². The molecule has 0 bridgehead atoms. The Morgan fingerprint density at radius 1 is 0.958 bits per heavy atom. The normalized spacial score (nSPS) is 10.8. The van der Waals surface area contributed by atoms with Crippen LogP contribution in [0.3, 0.4) is 0 Å². The van der Waals surface area contributed by atoms with E-state index in [4.69, 9.17) is 11.6 Å². The van der Waals surface area contributed by atoms with E-state index in [1.807, 2.05) is 18.2 Å². The molecule has 0 fully saturated rings. The van der Waals surface area contributed by atoms with Crippen molar-refractivity contribution in [2.24, 2.45) is 0 Å². The molecular weight excluding hydrogens is 327 g/mol. The van der Waals surface area contributed by atoms with Crippen LogP contribution in [0.2, 0.25) is 5.02 Å². The summed E-state index contributed by atoms with van der Waals surface area (Å²) in [7, 11) is 0. The average molecular weight is 343 g/mol. The van der Waals surface area contributed by atoms with E-state index < -0.39 is 0 Å². The van der Waals surface area contributed by atoms with Crippen molar-refractivity contribution in [3.63, 3.8) is 0 Å². The largest absolute Gasteiger partial charge is 0.328 e. The number of H-pyrrole nitrogens is 1. The third kappa shape index (κ3) is 3.91. The van der Waals surface area contributed by atoms with E-state index in [1.54, 1.807) is 36.5 Å². The minimum Gasteiger partial charge on any atom is -0.328 e. The predicted molar refractivity (Wildman–Crippen MR) is 94.5 cm³/mol. The van der Waals surface area contributed by atoms with E-state index in [2.05, 4.69) is 10.3 Å². The number of pyridine rings is 1. The Morgan fingerprint density at radius 3 is 2.42 bits per heavy atom. The molecule has 0 saturated carbocycles. The zero-order chi connectivity index (χ0) is 16.9. The van der Waals surface area contributed by atoms with Crippen LogP contribution < -0.4 is 10.9 Å². The fourth-order valence-corrected chi connectivity index (χ4v) is 2.57. The molecule has 0 atom stereocenters. The van der Waals surface area contributed by atoms with Crippen molar-refractivity contribution in [3.8, 4) is 11.1 Å². The second kappa shape index (κ2) is 7.43. The van der Waals surface area contributed by atoms with Crippen LogP contribution in [-0.2, 0) is 13.1 Å². The Labute approximate surface area is 144 Å². The zero-order valence-corrected chi connectivity index (χ0v) is 13.6. The number of nitrogens with one attached hydrogen (secondary N) is 2. The van der Waals surface area contributed by atoms with Crippen LogP contribution in [0.15, 0.2) is 65.6 Å². The third-order valence-electron chi connectivity index (χ3n) is 3.75. The summed E-state index contributed by atoms with van der Waals surface area (Å²) in [6, 6.07) is 15.8. The summed E-state index contributed by atoms with van der Waals surface area (Å²) in [5, 5.41) is 3.77. The highest BCUT2D eigenvalue weighted by atomic mass is 35.5. The van der Waals surface area contributed by atoms with Gasteiger partial charge in [0.2, 0.25) is 0 Å². The van der Waals surface area contributed by atoms with Crippen molar-refractivity contribution >= 4 is 11.6 Å². The standard InChI is InChI=1S/C19H16ClFN2O/c20-17-7-5-13(6-8-17)15-9-16(19(24)23-12-15)11-22-10-14-3-1-2-4-18(14)21/h1-9,12,22H,10-11H2,(H,23,24). The van der Waals surface area contributed by atoms with Crippen LogP contribution in [0.4, 0.5) is 4.39 Å². The molecule has 0 saturated heterocycles. The highest BCUT2D eigenvalue weighted by Crippen LogP contribution is 2.20. The van der Waals surface area contributed by atoms with Gasteiger partial charge in [-0.05, 0) is 35.4 Å². The second-order valence-corrected chi connectivity index (χ2v) is 5.88. The topological polar surface area (TPSA) is 44.9 Å². The first kappa shape index (κ1) is 16.4. The maximum atomic E-state index is 13.6. The lowest BCUT2D eigenvalue weighted by molar-refractivity contribution is 0.587. The lowest BCUT2D eigenvalue weighted by Gasteiger charge is -2.08. The maximum Gasteiger partial charge on any atom is 0.252 e. The van der Waals surface area contributed by atoms with Crippen molar-refractivity contribution in [3.05, 3.63) is 93.1 Å². The Bertz CT molecular complexity index is 890. The number of aromatic amines is 1. The van der Waals surface area contributed by atoms with Crippen molar-refractivity contribution in [2.45, 2.75) is 13.1 Å². The molecule has 0 unspecified atom stereocenters. The van der Waals surface area contributed by atoms with Gasteiger partial charge in [0.1, 0.15) is 5.82 Å². The van der Waals surface area contributed by atoms with E-state index in [0.29, 0.717) is 29.2 Å². The van der Waals surface area contributed by atoms with Crippen molar-refractivity contribution < 1.29 is 4.39 Å². The predicted octanol–water partition coefficient (Wildman–Crippen LogP) is 4.12.